The maximum Gasteiger partial charge on any atom is 0.242 e. The number of unbranched alkanes of at least 4 members (excludes halogenated alkanes) is 1. The van der Waals surface area contributed by atoms with Crippen molar-refractivity contribution in [3.63, 3.8) is 0 Å². The third-order valence-electron chi connectivity index (χ3n) is 4.08. The number of aromatic nitrogens is 1. The molecule has 0 saturated heterocycles. The van der Waals surface area contributed by atoms with E-state index in [0.29, 0.717) is 18.2 Å². The number of sulfonamides is 1. The number of nitrogens with zero attached hydrogens (tertiary/aromatic N) is 2. The van der Waals surface area contributed by atoms with E-state index in [0.717, 1.165) is 23.5 Å². The molecule has 0 radical (unpaired) electrons. The summed E-state index contributed by atoms with van der Waals surface area (Å²) in [6.45, 7) is 6.65. The molecule has 0 saturated carbocycles. The van der Waals surface area contributed by atoms with E-state index in [1.54, 1.807) is 30.5 Å². The van der Waals surface area contributed by atoms with Gasteiger partial charge < -0.3 is 5.32 Å². The van der Waals surface area contributed by atoms with Crippen LogP contribution in [0.5, 0.6) is 0 Å². The van der Waals surface area contributed by atoms with Gasteiger partial charge in [-0.3, -0.25) is 4.79 Å². The van der Waals surface area contributed by atoms with Crippen molar-refractivity contribution in [2.75, 3.05) is 18.9 Å². The van der Waals surface area contributed by atoms with E-state index in [4.69, 9.17) is 0 Å². The first kappa shape index (κ1) is 21.5. The van der Waals surface area contributed by atoms with Crippen LogP contribution in [0, 0.1) is 0 Å². The fraction of sp³-hybridized carbons (Fsp3) is 0.474. The molecule has 0 aliphatic carbocycles. The third-order valence-corrected chi connectivity index (χ3v) is 7.14. The van der Waals surface area contributed by atoms with Crippen LogP contribution in [0.4, 0.5) is 5.69 Å². The van der Waals surface area contributed by atoms with Gasteiger partial charge in [-0.1, -0.05) is 27.2 Å². The molecule has 1 amide bonds. The maximum absolute atomic E-state index is 12.5. The summed E-state index contributed by atoms with van der Waals surface area (Å²) in [5.41, 5.74) is 1.31. The molecule has 1 N–H and O–H groups in total. The van der Waals surface area contributed by atoms with Crippen LogP contribution in [0.25, 0.3) is 0 Å². The fourth-order valence-corrected chi connectivity index (χ4v) is 4.47. The Balaban J connectivity index is 1.99. The molecule has 0 aliphatic rings. The second-order valence-electron chi connectivity index (χ2n) is 6.76. The zero-order chi connectivity index (χ0) is 20.0. The second-order valence-corrected chi connectivity index (χ2v) is 9.70. The highest BCUT2D eigenvalue weighted by Gasteiger charge is 2.20. The molecule has 1 heterocycles. The Morgan fingerprint density at radius 1 is 1.26 bits per heavy atom. The second kappa shape index (κ2) is 9.43. The third kappa shape index (κ3) is 5.85. The highest BCUT2D eigenvalue weighted by Crippen LogP contribution is 2.20. The van der Waals surface area contributed by atoms with Gasteiger partial charge >= 0.3 is 0 Å². The molecule has 8 heteroatoms. The van der Waals surface area contributed by atoms with Crippen LogP contribution in [0.15, 0.2) is 34.5 Å². The Morgan fingerprint density at radius 3 is 2.48 bits per heavy atom. The summed E-state index contributed by atoms with van der Waals surface area (Å²) in [5.74, 6) is 0.169. The highest BCUT2D eigenvalue weighted by atomic mass is 32.2. The fourth-order valence-electron chi connectivity index (χ4n) is 2.43. The lowest BCUT2D eigenvalue weighted by Gasteiger charge is -2.17. The Hall–Kier alpha value is -1.77. The van der Waals surface area contributed by atoms with Gasteiger partial charge in [-0.05, 0) is 30.7 Å². The van der Waals surface area contributed by atoms with Crippen molar-refractivity contribution in [1.82, 2.24) is 9.29 Å². The van der Waals surface area contributed by atoms with Crippen molar-refractivity contribution in [2.45, 2.75) is 50.8 Å². The van der Waals surface area contributed by atoms with Crippen molar-refractivity contribution in [1.29, 1.82) is 0 Å². The van der Waals surface area contributed by atoms with Crippen molar-refractivity contribution in [3.8, 4) is 0 Å². The standard InChI is InChI=1S/C19H27N3O3S2/c1-5-6-11-22(4)27(24,25)17-9-7-15(8-10-17)20-18(23)12-16-13-26-19(21-16)14(2)3/h7-10,13-14H,5-6,11-12H2,1-4H3,(H,20,23). The van der Waals surface area contributed by atoms with Crippen LogP contribution in [0.3, 0.4) is 0 Å². The molecule has 2 aromatic rings. The number of thiazole rings is 1. The quantitative estimate of drug-likeness (QED) is 0.682. The first-order valence-corrected chi connectivity index (χ1v) is 11.4. The number of carbonyl (C=O) groups is 1. The minimum Gasteiger partial charge on any atom is -0.326 e. The number of rotatable bonds is 9. The molecule has 0 bridgehead atoms. The molecular weight excluding hydrogens is 382 g/mol. The molecule has 1 aromatic carbocycles. The molecule has 148 valence electrons. The largest absolute Gasteiger partial charge is 0.326 e. The monoisotopic (exact) mass is 409 g/mol. The zero-order valence-electron chi connectivity index (χ0n) is 16.2. The summed E-state index contributed by atoms with van der Waals surface area (Å²) in [4.78, 5) is 16.9. The summed E-state index contributed by atoms with van der Waals surface area (Å²) < 4.78 is 26.4. The van der Waals surface area contributed by atoms with Gasteiger partial charge in [0, 0.05) is 30.6 Å². The molecule has 2 rings (SSSR count). The lowest BCUT2D eigenvalue weighted by atomic mass is 10.2. The van der Waals surface area contributed by atoms with Crippen molar-refractivity contribution < 1.29 is 13.2 Å². The predicted octanol–water partition coefficient (Wildman–Crippen LogP) is 3.87. The molecule has 0 fully saturated rings. The number of amides is 1. The number of carbonyl (C=O) groups excluding carboxylic acids is 1. The molecule has 1 aromatic heterocycles. The average molecular weight is 410 g/mol. The van der Waals surface area contributed by atoms with Crippen molar-refractivity contribution >= 4 is 33.0 Å². The topological polar surface area (TPSA) is 79.4 Å². The molecule has 0 spiro atoms. The van der Waals surface area contributed by atoms with Gasteiger partial charge in [-0.2, -0.15) is 0 Å². The van der Waals surface area contributed by atoms with Crippen LogP contribution in [0.2, 0.25) is 0 Å². The summed E-state index contributed by atoms with van der Waals surface area (Å²) in [6, 6.07) is 6.26. The van der Waals surface area contributed by atoms with E-state index in [9.17, 15) is 13.2 Å². The smallest absolute Gasteiger partial charge is 0.242 e. The SMILES string of the molecule is CCCCN(C)S(=O)(=O)c1ccc(NC(=O)Cc2csc(C(C)C)n2)cc1. The van der Waals surface area contributed by atoms with Crippen molar-refractivity contribution in [3.05, 3.63) is 40.3 Å². The molecule has 0 unspecified atom stereocenters. The minimum atomic E-state index is -3.50. The average Bonchev–Trinajstić information content (AvgIpc) is 3.08. The van der Waals surface area contributed by atoms with Crippen LogP contribution in [-0.2, 0) is 21.2 Å². The normalized spacial score (nSPS) is 11.9. The Bertz CT molecular complexity index is 859. The van der Waals surface area contributed by atoms with Gasteiger partial charge in [-0.15, -0.1) is 11.3 Å². The van der Waals surface area contributed by atoms with Gasteiger partial charge in [0.25, 0.3) is 0 Å². The zero-order valence-corrected chi connectivity index (χ0v) is 17.9. The Labute approximate surface area is 165 Å². The summed E-state index contributed by atoms with van der Waals surface area (Å²) in [5, 5.41) is 5.70. The minimum absolute atomic E-state index is 0.175. The van der Waals surface area contributed by atoms with Crippen molar-refractivity contribution in [2.24, 2.45) is 0 Å². The van der Waals surface area contributed by atoms with E-state index in [1.807, 2.05) is 12.3 Å². The van der Waals surface area contributed by atoms with Crippen LogP contribution >= 0.6 is 11.3 Å². The van der Waals surface area contributed by atoms with Crippen LogP contribution < -0.4 is 5.32 Å². The molecule has 0 atom stereocenters. The Morgan fingerprint density at radius 2 is 1.93 bits per heavy atom. The van der Waals surface area contributed by atoms with Gasteiger partial charge in [0.05, 0.1) is 22.0 Å². The number of hydrogen-bond acceptors (Lipinski definition) is 5. The highest BCUT2D eigenvalue weighted by molar-refractivity contribution is 7.89. The van der Waals surface area contributed by atoms with E-state index >= 15 is 0 Å². The molecule has 0 aliphatic heterocycles. The molecular formula is C19H27N3O3S2. The lowest BCUT2D eigenvalue weighted by Crippen LogP contribution is -2.27. The van der Waals surface area contributed by atoms with Gasteiger partial charge in [-0.25, -0.2) is 17.7 Å². The van der Waals surface area contributed by atoms with Gasteiger partial charge in [0.1, 0.15) is 0 Å². The number of anilines is 1. The maximum atomic E-state index is 12.5. The number of hydrogen-bond donors (Lipinski definition) is 1. The number of benzene rings is 1. The lowest BCUT2D eigenvalue weighted by molar-refractivity contribution is -0.115. The predicted molar refractivity (Wildman–Crippen MR) is 110 cm³/mol. The van der Waals surface area contributed by atoms with E-state index in [2.05, 4.69) is 24.1 Å². The molecule has 6 nitrogen and oxygen atoms in total. The first-order chi connectivity index (χ1) is 12.7. The number of nitrogens with one attached hydrogen (secondary N) is 1. The Kier molecular flexibility index (Phi) is 7.52. The van der Waals surface area contributed by atoms with Gasteiger partial charge in [0.15, 0.2) is 0 Å². The van der Waals surface area contributed by atoms with E-state index in [1.165, 1.54) is 16.4 Å². The van der Waals surface area contributed by atoms with E-state index in [-0.39, 0.29) is 17.2 Å². The van der Waals surface area contributed by atoms with Crippen LogP contribution in [0.1, 0.15) is 50.2 Å². The van der Waals surface area contributed by atoms with Crippen LogP contribution in [-0.4, -0.2) is 37.2 Å². The first-order valence-electron chi connectivity index (χ1n) is 9.04. The summed E-state index contributed by atoms with van der Waals surface area (Å²) >= 11 is 1.56. The summed E-state index contributed by atoms with van der Waals surface area (Å²) in [6.07, 6.45) is 1.95. The van der Waals surface area contributed by atoms with Gasteiger partial charge in [0.2, 0.25) is 15.9 Å². The molecule has 27 heavy (non-hydrogen) atoms. The summed E-state index contributed by atoms with van der Waals surface area (Å²) in [7, 11) is -1.92. The van der Waals surface area contributed by atoms with E-state index < -0.39 is 10.0 Å².